The standard InChI is InChI=1S/C21H23ClN4O3S/c1-12-7-21(20-15(6-19(22)30-20)18(28)11-29-21)8-16(23-12)17-10-26(25-24-17)9-13-2-4-14(27)5-3-13/h2-6,10,12,16,18,23,27-28H,7-9,11H2,1H3/t12-,16-,18+,21-/m0/s1. The molecule has 30 heavy (non-hydrogen) atoms. The highest BCUT2D eigenvalue weighted by atomic mass is 35.5. The lowest BCUT2D eigenvalue weighted by Gasteiger charge is -2.46. The Balaban J connectivity index is 1.40. The fraction of sp³-hybridized carbons (Fsp3) is 0.429. The zero-order valence-electron chi connectivity index (χ0n) is 16.5. The van der Waals surface area contributed by atoms with E-state index in [1.54, 1.807) is 16.8 Å². The van der Waals surface area contributed by atoms with E-state index in [9.17, 15) is 10.2 Å². The van der Waals surface area contributed by atoms with Crippen LogP contribution in [0.4, 0.5) is 0 Å². The molecule has 0 aliphatic carbocycles. The van der Waals surface area contributed by atoms with E-state index in [1.807, 2.05) is 24.4 Å². The van der Waals surface area contributed by atoms with Crippen LogP contribution in [0.3, 0.4) is 0 Å². The average Bonchev–Trinajstić information content (AvgIpc) is 3.34. The molecule has 1 fully saturated rings. The predicted molar refractivity (Wildman–Crippen MR) is 114 cm³/mol. The van der Waals surface area contributed by atoms with Crippen LogP contribution in [0.15, 0.2) is 36.5 Å². The molecule has 2 aliphatic rings. The van der Waals surface area contributed by atoms with Crippen LogP contribution >= 0.6 is 22.9 Å². The number of phenolic OH excluding ortho intramolecular Hbond substituents is 1. The van der Waals surface area contributed by atoms with Crippen LogP contribution < -0.4 is 5.32 Å². The monoisotopic (exact) mass is 446 g/mol. The van der Waals surface area contributed by atoms with Gasteiger partial charge in [0.1, 0.15) is 17.5 Å². The maximum Gasteiger partial charge on any atom is 0.115 e. The number of nitrogens with zero attached hydrogens (tertiary/aromatic N) is 3. The Bertz CT molecular complexity index is 1050. The molecule has 7 nitrogen and oxygen atoms in total. The molecule has 4 heterocycles. The molecule has 2 aromatic heterocycles. The summed E-state index contributed by atoms with van der Waals surface area (Å²) in [6, 6.07) is 9.12. The number of aromatic nitrogens is 3. The largest absolute Gasteiger partial charge is 0.508 e. The summed E-state index contributed by atoms with van der Waals surface area (Å²) in [5.41, 5.74) is 2.30. The van der Waals surface area contributed by atoms with Gasteiger partial charge >= 0.3 is 0 Å². The summed E-state index contributed by atoms with van der Waals surface area (Å²) in [5.74, 6) is 0.245. The number of phenols is 1. The Morgan fingerprint density at radius 2 is 2.13 bits per heavy atom. The number of rotatable bonds is 3. The molecule has 3 aromatic rings. The van der Waals surface area contributed by atoms with Crippen molar-refractivity contribution in [3.63, 3.8) is 0 Å². The SMILES string of the molecule is C[C@H]1C[C@@]2(C[C@@H](c3cn(Cc4ccc(O)cc4)nn3)N1)OC[C@@H](O)c1cc(Cl)sc12. The van der Waals surface area contributed by atoms with E-state index in [2.05, 4.69) is 22.6 Å². The molecule has 4 atom stereocenters. The van der Waals surface area contributed by atoms with Crippen LogP contribution in [0, 0.1) is 0 Å². The van der Waals surface area contributed by atoms with E-state index in [0.29, 0.717) is 17.3 Å². The fourth-order valence-electron chi connectivity index (χ4n) is 4.57. The lowest BCUT2D eigenvalue weighted by atomic mass is 9.79. The molecule has 0 radical (unpaired) electrons. The molecule has 1 spiro atoms. The number of piperidine rings is 1. The molecule has 5 rings (SSSR count). The molecule has 0 amide bonds. The van der Waals surface area contributed by atoms with Gasteiger partial charge in [0.05, 0.1) is 35.4 Å². The van der Waals surface area contributed by atoms with Gasteiger partial charge in [0, 0.05) is 22.9 Å². The minimum absolute atomic E-state index is 0.0220. The maximum atomic E-state index is 10.4. The maximum absolute atomic E-state index is 10.4. The van der Waals surface area contributed by atoms with Crippen LogP contribution in [-0.2, 0) is 16.9 Å². The third kappa shape index (κ3) is 3.63. The van der Waals surface area contributed by atoms with E-state index < -0.39 is 11.7 Å². The summed E-state index contributed by atoms with van der Waals surface area (Å²) in [5, 5.41) is 32.1. The van der Waals surface area contributed by atoms with E-state index in [4.69, 9.17) is 16.3 Å². The summed E-state index contributed by atoms with van der Waals surface area (Å²) in [6.07, 6.45) is 2.83. The lowest BCUT2D eigenvalue weighted by molar-refractivity contribution is -0.129. The van der Waals surface area contributed by atoms with E-state index in [-0.39, 0.29) is 24.4 Å². The Hall–Kier alpha value is -1.97. The zero-order chi connectivity index (χ0) is 20.9. The first-order valence-corrected chi connectivity index (χ1v) is 11.2. The van der Waals surface area contributed by atoms with Crippen LogP contribution in [0.5, 0.6) is 5.75 Å². The molecule has 2 aliphatic heterocycles. The summed E-state index contributed by atoms with van der Waals surface area (Å²) in [4.78, 5) is 1.03. The number of hydrogen-bond acceptors (Lipinski definition) is 7. The fourth-order valence-corrected chi connectivity index (χ4v) is 6.03. The highest BCUT2D eigenvalue weighted by Crippen LogP contribution is 2.51. The normalized spacial score (nSPS) is 28.6. The summed E-state index contributed by atoms with van der Waals surface area (Å²) < 4.78 is 8.75. The Labute approximate surface area is 183 Å². The number of nitrogens with one attached hydrogen (secondary N) is 1. The average molecular weight is 447 g/mol. The number of aromatic hydroxyl groups is 1. The van der Waals surface area contributed by atoms with Crippen molar-refractivity contribution in [2.24, 2.45) is 0 Å². The highest BCUT2D eigenvalue weighted by Gasteiger charge is 2.48. The second kappa shape index (κ2) is 7.62. The summed E-state index contributed by atoms with van der Waals surface area (Å²) >= 11 is 7.79. The first-order valence-electron chi connectivity index (χ1n) is 9.97. The van der Waals surface area contributed by atoms with Crippen LogP contribution in [-0.4, -0.2) is 37.9 Å². The van der Waals surface area contributed by atoms with Crippen molar-refractivity contribution in [1.29, 1.82) is 0 Å². The van der Waals surface area contributed by atoms with Crippen LogP contribution in [0.25, 0.3) is 0 Å². The molecule has 1 saturated heterocycles. The molecule has 9 heteroatoms. The van der Waals surface area contributed by atoms with Gasteiger partial charge in [-0.1, -0.05) is 28.9 Å². The molecule has 0 saturated carbocycles. The zero-order valence-corrected chi connectivity index (χ0v) is 18.0. The van der Waals surface area contributed by atoms with E-state index >= 15 is 0 Å². The third-order valence-electron chi connectivity index (χ3n) is 5.87. The number of thiophene rings is 1. The topological polar surface area (TPSA) is 92.4 Å². The van der Waals surface area contributed by atoms with Crippen molar-refractivity contribution in [3.8, 4) is 5.75 Å². The van der Waals surface area contributed by atoms with Crippen LogP contribution in [0.2, 0.25) is 4.34 Å². The summed E-state index contributed by atoms with van der Waals surface area (Å²) in [7, 11) is 0. The van der Waals surface area contributed by atoms with Gasteiger partial charge in [0.25, 0.3) is 0 Å². The molecule has 0 unspecified atom stereocenters. The number of aliphatic hydroxyl groups is 1. The van der Waals surface area contributed by atoms with Gasteiger partial charge in [-0.3, -0.25) is 0 Å². The molecule has 158 valence electrons. The van der Waals surface area contributed by atoms with Gasteiger partial charge in [0.2, 0.25) is 0 Å². The summed E-state index contributed by atoms with van der Waals surface area (Å²) in [6.45, 7) is 2.99. The van der Waals surface area contributed by atoms with Crippen molar-refractivity contribution in [2.75, 3.05) is 6.61 Å². The van der Waals surface area contributed by atoms with E-state index in [0.717, 1.165) is 28.1 Å². The van der Waals surface area contributed by atoms with E-state index in [1.165, 1.54) is 11.3 Å². The molecular formula is C21H23ClN4O3S. The van der Waals surface area contributed by atoms with Crippen molar-refractivity contribution in [1.82, 2.24) is 20.3 Å². The Morgan fingerprint density at radius 3 is 2.93 bits per heavy atom. The second-order valence-electron chi connectivity index (χ2n) is 8.19. The van der Waals surface area contributed by atoms with Gasteiger partial charge in [0.15, 0.2) is 0 Å². The van der Waals surface area contributed by atoms with Gasteiger partial charge in [-0.15, -0.1) is 16.4 Å². The smallest absolute Gasteiger partial charge is 0.115 e. The number of hydrogen-bond donors (Lipinski definition) is 3. The number of aliphatic hydroxyl groups excluding tert-OH is 1. The van der Waals surface area contributed by atoms with Crippen molar-refractivity contribution < 1.29 is 14.9 Å². The second-order valence-corrected chi connectivity index (χ2v) is 9.88. The minimum Gasteiger partial charge on any atom is -0.508 e. The highest BCUT2D eigenvalue weighted by molar-refractivity contribution is 7.16. The quantitative estimate of drug-likeness (QED) is 0.570. The molecular weight excluding hydrogens is 424 g/mol. The van der Waals surface area contributed by atoms with Crippen LogP contribution in [0.1, 0.15) is 53.6 Å². The first-order chi connectivity index (χ1) is 14.4. The predicted octanol–water partition coefficient (Wildman–Crippen LogP) is 3.52. The molecule has 0 bridgehead atoms. The number of ether oxygens (including phenoxy) is 1. The van der Waals surface area contributed by atoms with Crippen molar-refractivity contribution >= 4 is 22.9 Å². The van der Waals surface area contributed by atoms with Crippen molar-refractivity contribution in [2.45, 2.75) is 50.1 Å². The van der Waals surface area contributed by atoms with Crippen molar-refractivity contribution in [3.05, 3.63) is 62.6 Å². The van der Waals surface area contributed by atoms with Gasteiger partial charge in [-0.2, -0.15) is 0 Å². The first kappa shape index (κ1) is 20.0. The molecule has 1 aromatic carbocycles. The number of fused-ring (bicyclic) bond motifs is 2. The minimum atomic E-state index is -0.635. The van der Waals surface area contributed by atoms with Gasteiger partial charge < -0.3 is 20.3 Å². The Morgan fingerprint density at radius 1 is 1.33 bits per heavy atom. The number of halogens is 1. The third-order valence-corrected chi connectivity index (χ3v) is 7.34. The van der Waals surface area contributed by atoms with Gasteiger partial charge in [-0.25, -0.2) is 4.68 Å². The lowest BCUT2D eigenvalue weighted by Crippen LogP contribution is -2.50. The number of benzene rings is 1. The molecule has 3 N–H and O–H groups in total. The van der Waals surface area contributed by atoms with Gasteiger partial charge in [-0.05, 0) is 37.1 Å². The Kier molecular flexibility index (Phi) is 5.07.